The van der Waals surface area contributed by atoms with Crippen LogP contribution in [0.5, 0.6) is 0 Å². The summed E-state index contributed by atoms with van der Waals surface area (Å²) in [5, 5.41) is 9.37. The number of nitrogen functional groups attached to an aromatic ring is 1. The largest absolute Gasteiger partial charge is 0.394 e. The first-order valence-electron chi connectivity index (χ1n) is 7.29. The first-order valence-corrected chi connectivity index (χ1v) is 7.29. The van der Waals surface area contributed by atoms with Crippen LogP contribution in [0.4, 0.5) is 5.82 Å². The number of nitrogens with two attached hydrogens (primary N) is 1. The molecule has 2 aromatic rings. The zero-order chi connectivity index (χ0) is 15.5. The van der Waals surface area contributed by atoms with Crippen LogP contribution in [0, 0.1) is 0 Å². The van der Waals surface area contributed by atoms with Gasteiger partial charge in [0.25, 0.3) is 5.91 Å². The van der Waals surface area contributed by atoms with Crippen LogP contribution < -0.4 is 5.73 Å². The van der Waals surface area contributed by atoms with Crippen molar-refractivity contribution in [3.8, 4) is 11.3 Å². The van der Waals surface area contributed by atoms with Gasteiger partial charge in [0.05, 0.1) is 30.7 Å². The molecule has 2 heterocycles. The Hall–Kier alpha value is -2.47. The van der Waals surface area contributed by atoms with Gasteiger partial charge in [-0.2, -0.15) is 0 Å². The molecule has 22 heavy (non-hydrogen) atoms. The van der Waals surface area contributed by atoms with Gasteiger partial charge in [0.2, 0.25) is 0 Å². The Kier molecular flexibility index (Phi) is 4.02. The average Bonchev–Trinajstić information content (AvgIpc) is 3.03. The van der Waals surface area contributed by atoms with E-state index in [4.69, 9.17) is 5.73 Å². The fourth-order valence-electron chi connectivity index (χ4n) is 2.76. The van der Waals surface area contributed by atoms with Crippen molar-refractivity contribution in [3.63, 3.8) is 0 Å². The molecule has 3 N–H and O–H groups in total. The van der Waals surface area contributed by atoms with Crippen molar-refractivity contribution in [2.45, 2.75) is 18.9 Å². The number of anilines is 1. The molecule has 0 saturated carbocycles. The van der Waals surface area contributed by atoms with Gasteiger partial charge in [-0.05, 0) is 25.0 Å². The third-order valence-electron chi connectivity index (χ3n) is 3.93. The minimum atomic E-state index is -0.0764. The lowest BCUT2D eigenvalue weighted by Crippen LogP contribution is -2.37. The Balaban J connectivity index is 1.87. The van der Waals surface area contributed by atoms with E-state index >= 15 is 0 Å². The van der Waals surface area contributed by atoms with E-state index in [1.165, 1.54) is 6.20 Å². The van der Waals surface area contributed by atoms with E-state index < -0.39 is 0 Å². The van der Waals surface area contributed by atoms with E-state index in [1.54, 1.807) is 23.2 Å². The van der Waals surface area contributed by atoms with Crippen LogP contribution in [-0.2, 0) is 0 Å². The number of benzene rings is 1. The number of aliphatic hydroxyl groups is 1. The fraction of sp³-hybridized carbons (Fsp3) is 0.312. The lowest BCUT2D eigenvalue weighted by Gasteiger charge is -2.23. The number of rotatable bonds is 3. The monoisotopic (exact) mass is 298 g/mol. The van der Waals surface area contributed by atoms with Crippen molar-refractivity contribution in [1.29, 1.82) is 0 Å². The Morgan fingerprint density at radius 2 is 2.23 bits per heavy atom. The third-order valence-corrected chi connectivity index (χ3v) is 3.93. The maximum Gasteiger partial charge on any atom is 0.254 e. The van der Waals surface area contributed by atoms with Crippen molar-refractivity contribution in [1.82, 2.24) is 14.9 Å². The summed E-state index contributed by atoms with van der Waals surface area (Å²) >= 11 is 0. The van der Waals surface area contributed by atoms with Crippen LogP contribution in [0.3, 0.4) is 0 Å². The smallest absolute Gasteiger partial charge is 0.254 e. The molecular formula is C16H18N4O2. The molecule has 1 amide bonds. The highest BCUT2D eigenvalue weighted by molar-refractivity contribution is 5.95. The molecule has 0 spiro atoms. The normalized spacial score (nSPS) is 17.7. The van der Waals surface area contributed by atoms with Crippen molar-refractivity contribution in [2.24, 2.45) is 0 Å². The van der Waals surface area contributed by atoms with Gasteiger partial charge >= 0.3 is 0 Å². The summed E-state index contributed by atoms with van der Waals surface area (Å²) in [6.45, 7) is 0.699. The quantitative estimate of drug-likeness (QED) is 0.891. The number of carbonyl (C=O) groups excluding carboxylic acids is 1. The Morgan fingerprint density at radius 1 is 1.36 bits per heavy atom. The average molecular weight is 298 g/mol. The second-order valence-corrected chi connectivity index (χ2v) is 5.38. The molecule has 0 bridgehead atoms. The number of nitrogens with zero attached hydrogens (tertiary/aromatic N) is 3. The highest BCUT2D eigenvalue weighted by Gasteiger charge is 2.28. The minimum Gasteiger partial charge on any atom is -0.394 e. The zero-order valence-electron chi connectivity index (χ0n) is 12.1. The van der Waals surface area contributed by atoms with E-state index in [0.29, 0.717) is 23.6 Å². The summed E-state index contributed by atoms with van der Waals surface area (Å²) in [7, 11) is 0. The van der Waals surface area contributed by atoms with E-state index in [1.807, 2.05) is 12.1 Å². The van der Waals surface area contributed by atoms with E-state index in [0.717, 1.165) is 18.4 Å². The van der Waals surface area contributed by atoms with Gasteiger partial charge < -0.3 is 15.7 Å². The maximum atomic E-state index is 12.6. The number of aliphatic hydroxyl groups excluding tert-OH is 1. The predicted molar refractivity (Wildman–Crippen MR) is 83.0 cm³/mol. The maximum absolute atomic E-state index is 12.6. The molecule has 1 atom stereocenters. The molecule has 0 radical (unpaired) electrons. The molecule has 0 unspecified atom stereocenters. The molecule has 1 aromatic heterocycles. The molecule has 0 aliphatic carbocycles. The van der Waals surface area contributed by atoms with Crippen molar-refractivity contribution in [3.05, 3.63) is 42.2 Å². The summed E-state index contributed by atoms with van der Waals surface area (Å²) in [5.74, 6) is 0.306. The number of likely N-dealkylation sites (tertiary alicyclic amines) is 1. The van der Waals surface area contributed by atoms with Gasteiger partial charge in [-0.25, -0.2) is 4.98 Å². The lowest BCUT2D eigenvalue weighted by atomic mass is 10.1. The Labute approximate surface area is 128 Å². The van der Waals surface area contributed by atoms with Crippen molar-refractivity contribution in [2.75, 3.05) is 18.9 Å². The number of aromatic nitrogens is 2. The fourth-order valence-corrected chi connectivity index (χ4v) is 2.76. The molecule has 6 heteroatoms. The van der Waals surface area contributed by atoms with Crippen molar-refractivity contribution < 1.29 is 9.90 Å². The summed E-state index contributed by atoms with van der Waals surface area (Å²) in [5.41, 5.74) is 7.62. The third kappa shape index (κ3) is 2.78. The van der Waals surface area contributed by atoms with Crippen LogP contribution in [-0.4, -0.2) is 45.1 Å². The molecule has 1 aromatic carbocycles. The number of carbonyl (C=O) groups is 1. The summed E-state index contributed by atoms with van der Waals surface area (Å²) in [4.78, 5) is 22.6. The second-order valence-electron chi connectivity index (χ2n) is 5.38. The number of hydrogen-bond donors (Lipinski definition) is 2. The van der Waals surface area contributed by atoms with Crippen LogP contribution in [0.1, 0.15) is 23.2 Å². The minimum absolute atomic E-state index is 0.00880. The van der Waals surface area contributed by atoms with Gasteiger partial charge in [-0.3, -0.25) is 9.78 Å². The van der Waals surface area contributed by atoms with E-state index in [9.17, 15) is 9.90 Å². The second kappa shape index (κ2) is 6.11. The summed E-state index contributed by atoms with van der Waals surface area (Å²) in [6, 6.07) is 7.21. The highest BCUT2D eigenvalue weighted by Crippen LogP contribution is 2.23. The molecule has 1 saturated heterocycles. The molecule has 1 fully saturated rings. The van der Waals surface area contributed by atoms with Gasteiger partial charge in [-0.15, -0.1) is 0 Å². The molecule has 1 aliphatic heterocycles. The lowest BCUT2D eigenvalue weighted by molar-refractivity contribution is 0.0677. The van der Waals surface area contributed by atoms with Gasteiger partial charge in [0, 0.05) is 17.7 Å². The summed E-state index contributed by atoms with van der Waals surface area (Å²) in [6.07, 6.45) is 4.86. The molecule has 1 aliphatic rings. The van der Waals surface area contributed by atoms with Crippen LogP contribution in [0.25, 0.3) is 11.3 Å². The molecule has 114 valence electrons. The predicted octanol–water partition coefficient (Wildman–Crippen LogP) is 1.32. The van der Waals surface area contributed by atoms with Gasteiger partial charge in [0.15, 0.2) is 0 Å². The van der Waals surface area contributed by atoms with Crippen molar-refractivity contribution >= 4 is 11.7 Å². The standard InChI is InChI=1S/C16H18N4O2/c17-15-9-18-14(8-19-15)11-3-1-4-12(7-11)16(22)20-6-2-5-13(20)10-21/h1,3-4,7-9,13,21H,2,5-6,10H2,(H2,17,19)/t13-/m0/s1. The Morgan fingerprint density at radius 3 is 2.95 bits per heavy atom. The first-order chi connectivity index (χ1) is 10.7. The highest BCUT2D eigenvalue weighted by atomic mass is 16.3. The molecular weight excluding hydrogens is 280 g/mol. The van der Waals surface area contributed by atoms with Crippen LogP contribution in [0.2, 0.25) is 0 Å². The number of hydrogen-bond acceptors (Lipinski definition) is 5. The summed E-state index contributed by atoms with van der Waals surface area (Å²) < 4.78 is 0. The van der Waals surface area contributed by atoms with E-state index in [-0.39, 0.29) is 18.6 Å². The SMILES string of the molecule is Nc1cnc(-c2cccc(C(=O)N3CCC[C@H]3CO)c2)cn1. The Bertz CT molecular complexity index is 672. The van der Waals surface area contributed by atoms with Crippen LogP contribution in [0.15, 0.2) is 36.7 Å². The van der Waals surface area contributed by atoms with Gasteiger partial charge in [0.1, 0.15) is 5.82 Å². The zero-order valence-corrected chi connectivity index (χ0v) is 12.1. The first kappa shape index (κ1) is 14.5. The molecule has 3 rings (SSSR count). The molecule has 6 nitrogen and oxygen atoms in total. The number of amides is 1. The van der Waals surface area contributed by atoms with E-state index in [2.05, 4.69) is 9.97 Å². The van der Waals surface area contributed by atoms with Crippen LogP contribution >= 0.6 is 0 Å². The van der Waals surface area contributed by atoms with Gasteiger partial charge in [-0.1, -0.05) is 12.1 Å². The topological polar surface area (TPSA) is 92.3 Å².